The molecule has 0 amide bonds. The molecule has 0 bridgehead atoms. The van der Waals surface area contributed by atoms with E-state index in [9.17, 15) is 10.1 Å². The Bertz CT molecular complexity index is 605. The lowest BCUT2D eigenvalue weighted by Gasteiger charge is -2.07. The summed E-state index contributed by atoms with van der Waals surface area (Å²) in [7, 11) is 0. The molecule has 94 valence electrons. The Balaban J connectivity index is 2.64. The number of hydrogen-bond acceptors (Lipinski definition) is 4. The first kappa shape index (κ1) is 12.3. The highest BCUT2D eigenvalue weighted by Crippen LogP contribution is 2.26. The number of nitro groups is 1. The van der Waals surface area contributed by atoms with Gasteiger partial charge in [0.15, 0.2) is 0 Å². The van der Waals surface area contributed by atoms with Crippen molar-refractivity contribution in [3.05, 3.63) is 51.6 Å². The zero-order valence-corrected chi connectivity index (χ0v) is 10.1. The summed E-state index contributed by atoms with van der Waals surface area (Å²) in [5, 5.41) is 20.1. The minimum Gasteiger partial charge on any atom is -0.392 e. The smallest absolute Gasteiger partial charge is 0.293 e. The van der Waals surface area contributed by atoms with E-state index in [2.05, 4.69) is 4.98 Å². The molecule has 0 saturated heterocycles. The van der Waals surface area contributed by atoms with Gasteiger partial charge < -0.3 is 5.11 Å². The molecule has 0 radical (unpaired) electrons. The molecule has 0 spiro atoms. The lowest BCUT2D eigenvalue weighted by Crippen LogP contribution is -2.02. The Hall–Kier alpha value is -2.21. The van der Waals surface area contributed by atoms with Gasteiger partial charge in [0.25, 0.3) is 5.69 Å². The van der Waals surface area contributed by atoms with Gasteiger partial charge in [0.1, 0.15) is 5.69 Å². The van der Waals surface area contributed by atoms with Gasteiger partial charge in [0, 0.05) is 11.8 Å². The molecule has 0 fully saturated rings. The SMILES string of the molecule is Cc1ncn(-c2ccc(CO)cc2[N+](=O)[O-])c1C. The first-order valence-electron chi connectivity index (χ1n) is 5.43. The lowest BCUT2D eigenvalue weighted by atomic mass is 10.1. The quantitative estimate of drug-likeness (QED) is 0.663. The van der Waals surface area contributed by atoms with Crippen molar-refractivity contribution < 1.29 is 10.0 Å². The maximum atomic E-state index is 11.1. The standard InChI is InChI=1S/C12H13N3O3/c1-8-9(2)14(7-13-8)11-4-3-10(6-16)5-12(11)15(17)18/h3-5,7,16H,6H2,1-2H3. The fourth-order valence-electron chi connectivity index (χ4n) is 1.76. The van der Waals surface area contributed by atoms with Crippen LogP contribution in [0.4, 0.5) is 5.69 Å². The van der Waals surface area contributed by atoms with Crippen LogP contribution in [0.15, 0.2) is 24.5 Å². The number of rotatable bonds is 3. The topological polar surface area (TPSA) is 81.2 Å². The van der Waals surface area contributed by atoms with E-state index in [0.717, 1.165) is 11.4 Å². The summed E-state index contributed by atoms with van der Waals surface area (Å²) in [5.74, 6) is 0. The summed E-state index contributed by atoms with van der Waals surface area (Å²) in [6.45, 7) is 3.48. The molecule has 6 nitrogen and oxygen atoms in total. The van der Waals surface area contributed by atoms with E-state index in [-0.39, 0.29) is 12.3 Å². The minimum atomic E-state index is -0.455. The number of nitrogens with zero attached hydrogens (tertiary/aromatic N) is 3. The molecule has 0 aliphatic carbocycles. The number of benzene rings is 1. The van der Waals surface area contributed by atoms with Crippen LogP contribution in [0.1, 0.15) is 17.0 Å². The van der Waals surface area contributed by atoms with Crippen LogP contribution >= 0.6 is 0 Å². The third-order valence-electron chi connectivity index (χ3n) is 2.93. The number of aliphatic hydroxyl groups is 1. The Labute approximate surface area is 104 Å². The average molecular weight is 247 g/mol. The maximum Gasteiger partial charge on any atom is 0.293 e. The average Bonchev–Trinajstić information content (AvgIpc) is 2.69. The molecule has 0 aliphatic heterocycles. The molecule has 0 saturated carbocycles. The van der Waals surface area contributed by atoms with Gasteiger partial charge in [0.2, 0.25) is 0 Å². The monoisotopic (exact) mass is 247 g/mol. The highest BCUT2D eigenvalue weighted by Gasteiger charge is 2.17. The van der Waals surface area contributed by atoms with Gasteiger partial charge in [-0.15, -0.1) is 0 Å². The zero-order valence-electron chi connectivity index (χ0n) is 10.1. The van der Waals surface area contributed by atoms with Crippen molar-refractivity contribution in [2.75, 3.05) is 0 Å². The molecule has 18 heavy (non-hydrogen) atoms. The second-order valence-electron chi connectivity index (χ2n) is 4.02. The van der Waals surface area contributed by atoms with Gasteiger partial charge >= 0.3 is 0 Å². The number of hydrogen-bond donors (Lipinski definition) is 1. The Kier molecular flexibility index (Phi) is 3.12. The van der Waals surface area contributed by atoms with Crippen LogP contribution in [0, 0.1) is 24.0 Å². The Morgan fingerprint density at radius 2 is 2.17 bits per heavy atom. The summed E-state index contributed by atoms with van der Waals surface area (Å²) in [6.07, 6.45) is 1.56. The molecule has 2 rings (SSSR count). The largest absolute Gasteiger partial charge is 0.392 e. The number of aliphatic hydroxyl groups excluding tert-OH is 1. The first-order chi connectivity index (χ1) is 8.54. The van der Waals surface area contributed by atoms with Crippen LogP contribution in [-0.4, -0.2) is 19.6 Å². The zero-order chi connectivity index (χ0) is 13.3. The van der Waals surface area contributed by atoms with E-state index in [1.54, 1.807) is 23.0 Å². The van der Waals surface area contributed by atoms with Gasteiger partial charge in [-0.25, -0.2) is 4.98 Å². The molecule has 0 atom stereocenters. The molecule has 2 aromatic rings. The van der Waals surface area contributed by atoms with Crippen LogP contribution < -0.4 is 0 Å². The highest BCUT2D eigenvalue weighted by molar-refractivity contribution is 5.55. The van der Waals surface area contributed by atoms with Gasteiger partial charge in [-0.2, -0.15) is 0 Å². The van der Waals surface area contributed by atoms with Crippen molar-refractivity contribution in [1.82, 2.24) is 9.55 Å². The predicted molar refractivity (Wildman–Crippen MR) is 65.6 cm³/mol. The van der Waals surface area contributed by atoms with Crippen molar-refractivity contribution in [3.8, 4) is 5.69 Å². The number of aromatic nitrogens is 2. The summed E-state index contributed by atoms with van der Waals surface area (Å²) in [6, 6.07) is 4.67. The van der Waals surface area contributed by atoms with Gasteiger partial charge in [0.05, 0.1) is 23.6 Å². The molecule has 0 aliphatic rings. The van der Waals surface area contributed by atoms with Crippen LogP contribution in [-0.2, 0) is 6.61 Å². The van der Waals surface area contributed by atoms with Gasteiger partial charge in [-0.1, -0.05) is 6.07 Å². The second kappa shape index (κ2) is 4.58. The summed E-state index contributed by atoms with van der Waals surface area (Å²) < 4.78 is 1.68. The highest BCUT2D eigenvalue weighted by atomic mass is 16.6. The molecule has 6 heteroatoms. The van der Waals surface area contributed by atoms with E-state index >= 15 is 0 Å². The normalized spacial score (nSPS) is 10.6. The summed E-state index contributed by atoms with van der Waals surface area (Å²) in [4.78, 5) is 14.7. The molecule has 1 aromatic carbocycles. The van der Waals surface area contributed by atoms with Crippen LogP contribution in [0.5, 0.6) is 0 Å². The van der Waals surface area contributed by atoms with Crippen molar-refractivity contribution in [2.24, 2.45) is 0 Å². The minimum absolute atomic E-state index is 0.0398. The fourth-order valence-corrected chi connectivity index (χ4v) is 1.76. The summed E-state index contributed by atoms with van der Waals surface area (Å²) >= 11 is 0. The van der Waals surface area contributed by atoms with Crippen LogP contribution in [0.2, 0.25) is 0 Å². The van der Waals surface area contributed by atoms with E-state index in [0.29, 0.717) is 11.3 Å². The predicted octanol–water partition coefficient (Wildman–Crippen LogP) is 1.89. The fraction of sp³-hybridized carbons (Fsp3) is 0.250. The van der Waals surface area contributed by atoms with Crippen molar-refractivity contribution in [3.63, 3.8) is 0 Å². The van der Waals surface area contributed by atoms with Crippen molar-refractivity contribution in [1.29, 1.82) is 0 Å². The third kappa shape index (κ3) is 1.98. The number of aryl methyl sites for hydroxylation is 1. The van der Waals surface area contributed by atoms with Gasteiger partial charge in [-0.3, -0.25) is 14.7 Å². The number of nitro benzene ring substituents is 1. The van der Waals surface area contributed by atoms with E-state index in [1.165, 1.54) is 6.07 Å². The molecule has 0 unspecified atom stereocenters. The number of imidazole rings is 1. The Morgan fingerprint density at radius 1 is 1.44 bits per heavy atom. The van der Waals surface area contributed by atoms with E-state index in [1.807, 2.05) is 13.8 Å². The first-order valence-corrected chi connectivity index (χ1v) is 5.43. The van der Waals surface area contributed by atoms with Crippen molar-refractivity contribution >= 4 is 5.69 Å². The summed E-state index contributed by atoms with van der Waals surface area (Å²) in [5.41, 5.74) is 2.61. The van der Waals surface area contributed by atoms with Crippen molar-refractivity contribution in [2.45, 2.75) is 20.5 Å². The second-order valence-corrected chi connectivity index (χ2v) is 4.02. The molecular formula is C12H13N3O3. The third-order valence-corrected chi connectivity index (χ3v) is 2.93. The molecule has 1 N–H and O–H groups in total. The van der Waals surface area contributed by atoms with Crippen LogP contribution in [0.3, 0.4) is 0 Å². The Morgan fingerprint density at radius 3 is 2.67 bits per heavy atom. The molecule has 1 heterocycles. The van der Waals surface area contributed by atoms with E-state index in [4.69, 9.17) is 5.11 Å². The molecular weight excluding hydrogens is 234 g/mol. The van der Waals surface area contributed by atoms with Crippen LogP contribution in [0.25, 0.3) is 5.69 Å². The lowest BCUT2D eigenvalue weighted by molar-refractivity contribution is -0.384. The van der Waals surface area contributed by atoms with Gasteiger partial charge in [-0.05, 0) is 25.5 Å². The maximum absolute atomic E-state index is 11.1. The van der Waals surface area contributed by atoms with E-state index < -0.39 is 4.92 Å². The molecule has 1 aromatic heterocycles.